The number of thiophene rings is 1. The van der Waals surface area contributed by atoms with E-state index in [1.54, 1.807) is 37.4 Å². The predicted molar refractivity (Wildman–Crippen MR) is 118 cm³/mol. The molecule has 0 fully saturated rings. The van der Waals surface area contributed by atoms with E-state index < -0.39 is 22.7 Å². The lowest BCUT2D eigenvalue weighted by Gasteiger charge is -2.11. The first kappa shape index (κ1) is 22.2. The number of carboxylic acids is 1. The Morgan fingerprint density at radius 1 is 1.26 bits per heavy atom. The highest BCUT2D eigenvalue weighted by atomic mass is 32.2. The Morgan fingerprint density at radius 3 is 2.68 bits per heavy atom. The molecule has 10 nitrogen and oxygen atoms in total. The monoisotopic (exact) mass is 461 g/mol. The van der Waals surface area contributed by atoms with Crippen LogP contribution in [0.15, 0.2) is 57.2 Å². The zero-order chi connectivity index (χ0) is 22.2. The van der Waals surface area contributed by atoms with E-state index in [4.69, 9.17) is 5.11 Å². The third-order valence-electron chi connectivity index (χ3n) is 3.77. The number of aromatic nitrogens is 2. The third-order valence-corrected chi connectivity index (χ3v) is 5.76. The van der Waals surface area contributed by atoms with Crippen molar-refractivity contribution < 1.29 is 23.6 Å². The van der Waals surface area contributed by atoms with Crippen molar-refractivity contribution in [2.45, 2.75) is 11.8 Å². The Hall–Kier alpha value is -3.51. The normalized spacial score (nSPS) is 11.6. The predicted octanol–water partition coefficient (Wildman–Crippen LogP) is 3.63. The van der Waals surface area contributed by atoms with Crippen LogP contribution in [-0.4, -0.2) is 44.5 Å². The Balaban J connectivity index is 1.79. The van der Waals surface area contributed by atoms with Crippen molar-refractivity contribution in [3.05, 3.63) is 48.0 Å². The number of hydrogen-bond acceptors (Lipinski definition) is 9. The van der Waals surface area contributed by atoms with Gasteiger partial charge in [-0.3, -0.25) is 4.79 Å². The third kappa shape index (κ3) is 6.23. The van der Waals surface area contributed by atoms with E-state index in [-0.39, 0.29) is 19.1 Å². The van der Waals surface area contributed by atoms with Gasteiger partial charge in [0, 0.05) is 21.7 Å². The number of anilines is 3. The van der Waals surface area contributed by atoms with Gasteiger partial charge in [-0.25, -0.2) is 14.0 Å². The number of nitrogens with one attached hydrogen (secondary N) is 2. The molecule has 0 radical (unpaired) electrons. The van der Waals surface area contributed by atoms with Gasteiger partial charge in [0.05, 0.1) is 22.8 Å². The van der Waals surface area contributed by atoms with Crippen molar-refractivity contribution in [2.75, 3.05) is 23.8 Å². The number of hydrogen-bond donors (Lipinski definition) is 4. The number of thiol groups is 1. The summed E-state index contributed by atoms with van der Waals surface area (Å²) < 4.78 is 20.2. The highest BCUT2D eigenvalue weighted by Gasteiger charge is 2.12. The van der Waals surface area contributed by atoms with Crippen molar-refractivity contribution in [3.63, 3.8) is 0 Å². The second kappa shape index (κ2) is 10.5. The number of amides is 1. The zero-order valence-electron chi connectivity index (χ0n) is 16.3. The van der Waals surface area contributed by atoms with Crippen molar-refractivity contribution in [2.24, 2.45) is 4.36 Å². The number of aliphatic carboxylic acids is 1. The SMILES string of the molecule is CCOC(=O)N=[SH](=O)c1ccc(Nc2ncc(-c3cccs3)c(NCC(=O)O)n2)cc1. The summed E-state index contributed by atoms with van der Waals surface area (Å²) in [6.07, 6.45) is 0.737. The van der Waals surface area contributed by atoms with Gasteiger partial charge in [-0.2, -0.15) is 4.98 Å². The molecule has 3 N–H and O–H groups in total. The molecule has 0 aliphatic heterocycles. The smallest absolute Gasteiger partial charge is 0.441 e. The van der Waals surface area contributed by atoms with Crippen molar-refractivity contribution in [1.82, 2.24) is 9.97 Å². The molecule has 1 amide bonds. The number of carbonyl (C=O) groups excluding carboxylic acids is 1. The van der Waals surface area contributed by atoms with Crippen molar-refractivity contribution >= 4 is 51.4 Å². The lowest BCUT2D eigenvalue weighted by Crippen LogP contribution is -2.14. The molecule has 3 rings (SSSR count). The molecular weight excluding hydrogens is 442 g/mol. The molecule has 0 spiro atoms. The maximum Gasteiger partial charge on any atom is 0.441 e. The minimum absolute atomic E-state index is 0.156. The van der Waals surface area contributed by atoms with E-state index in [9.17, 15) is 13.8 Å². The summed E-state index contributed by atoms with van der Waals surface area (Å²) in [6, 6.07) is 10.2. The number of carbonyl (C=O) groups is 2. The van der Waals surface area contributed by atoms with Gasteiger partial charge in [0.2, 0.25) is 5.95 Å². The number of benzene rings is 1. The van der Waals surface area contributed by atoms with Crippen LogP contribution in [-0.2, 0) is 20.1 Å². The molecule has 1 aromatic carbocycles. The molecular formula is C19H19N5O5S2. The molecule has 0 saturated heterocycles. The fourth-order valence-corrected chi connectivity index (χ4v) is 3.90. The van der Waals surface area contributed by atoms with Gasteiger partial charge in [-0.1, -0.05) is 6.07 Å². The lowest BCUT2D eigenvalue weighted by atomic mass is 10.2. The van der Waals surface area contributed by atoms with E-state index in [0.29, 0.717) is 22.0 Å². The molecule has 0 bridgehead atoms. The Morgan fingerprint density at radius 2 is 2.03 bits per heavy atom. The van der Waals surface area contributed by atoms with Crippen LogP contribution in [0.25, 0.3) is 10.4 Å². The zero-order valence-corrected chi connectivity index (χ0v) is 18.0. The van der Waals surface area contributed by atoms with E-state index in [0.717, 1.165) is 4.88 Å². The average molecular weight is 462 g/mol. The van der Waals surface area contributed by atoms with Crippen LogP contribution in [0.5, 0.6) is 0 Å². The first-order valence-corrected chi connectivity index (χ1v) is 11.1. The summed E-state index contributed by atoms with van der Waals surface area (Å²) in [5.74, 6) is -0.375. The largest absolute Gasteiger partial charge is 0.480 e. The van der Waals surface area contributed by atoms with Crippen molar-refractivity contribution in [1.29, 1.82) is 0 Å². The molecule has 2 heterocycles. The van der Waals surface area contributed by atoms with Crippen LogP contribution in [0, 0.1) is 0 Å². The molecule has 2 aromatic heterocycles. The summed E-state index contributed by atoms with van der Waals surface area (Å²) in [7, 11) is -2.26. The number of nitrogens with zero attached hydrogens (tertiary/aromatic N) is 3. The van der Waals surface area contributed by atoms with Gasteiger partial charge in [-0.05, 0) is 42.6 Å². The fraction of sp³-hybridized carbons (Fsp3) is 0.158. The lowest BCUT2D eigenvalue weighted by molar-refractivity contribution is -0.134. The molecule has 162 valence electrons. The van der Waals surface area contributed by atoms with E-state index in [2.05, 4.69) is 29.7 Å². The van der Waals surface area contributed by atoms with Gasteiger partial charge >= 0.3 is 12.1 Å². The number of carboxylic acid groups (broad SMARTS) is 1. The molecule has 31 heavy (non-hydrogen) atoms. The second-order valence-corrected chi connectivity index (χ2v) is 8.13. The van der Waals surface area contributed by atoms with Crippen LogP contribution in [0.3, 0.4) is 0 Å². The highest BCUT2D eigenvalue weighted by molar-refractivity contribution is 7.75. The summed E-state index contributed by atoms with van der Waals surface area (Å²) in [5.41, 5.74) is 1.30. The van der Waals surface area contributed by atoms with Gasteiger partial charge in [-0.15, -0.1) is 15.7 Å². The van der Waals surface area contributed by atoms with Gasteiger partial charge in [0.25, 0.3) is 0 Å². The van der Waals surface area contributed by atoms with E-state index in [1.165, 1.54) is 11.3 Å². The quantitative estimate of drug-likeness (QED) is 0.370. The van der Waals surface area contributed by atoms with Gasteiger partial charge in [0.1, 0.15) is 12.4 Å². The Kier molecular flexibility index (Phi) is 7.51. The van der Waals surface area contributed by atoms with E-state index >= 15 is 0 Å². The standard InChI is InChI=1S/C19H19N5O5S2/c1-2-29-19(27)24-31(28)13-7-5-12(6-8-13)22-18-21-10-14(15-4-3-9-30-15)17(23-18)20-11-16(25)26/h3-10,31H,2,11H2,1H3,(H,25,26)(H2,20,21,22,23). The van der Waals surface area contributed by atoms with Crippen LogP contribution in [0.1, 0.15) is 6.92 Å². The maximum atomic E-state index is 12.1. The minimum atomic E-state index is -2.26. The summed E-state index contributed by atoms with van der Waals surface area (Å²) in [6.45, 7) is 1.50. The van der Waals surface area contributed by atoms with Crippen LogP contribution < -0.4 is 10.6 Å². The summed E-state index contributed by atoms with van der Waals surface area (Å²) in [4.78, 5) is 32.2. The number of rotatable bonds is 8. The Bertz CT molecular complexity index is 1140. The summed E-state index contributed by atoms with van der Waals surface area (Å²) >= 11 is 1.49. The summed E-state index contributed by atoms with van der Waals surface area (Å²) in [5, 5.41) is 16.7. The Labute approximate surface area is 183 Å². The van der Waals surface area contributed by atoms with Crippen molar-refractivity contribution in [3.8, 4) is 10.4 Å². The molecule has 3 aromatic rings. The molecule has 1 unspecified atom stereocenters. The van der Waals surface area contributed by atoms with Crippen LogP contribution in [0.4, 0.5) is 22.2 Å². The van der Waals surface area contributed by atoms with Gasteiger partial charge < -0.3 is 20.5 Å². The highest BCUT2D eigenvalue weighted by Crippen LogP contribution is 2.30. The maximum absolute atomic E-state index is 12.1. The second-order valence-electron chi connectivity index (χ2n) is 5.92. The molecule has 0 aliphatic rings. The van der Waals surface area contributed by atoms with Crippen LogP contribution in [0.2, 0.25) is 0 Å². The average Bonchev–Trinajstić information content (AvgIpc) is 3.27. The molecule has 0 aliphatic carbocycles. The fourth-order valence-electron chi connectivity index (χ4n) is 2.43. The number of ether oxygens (including phenoxy) is 1. The first-order valence-electron chi connectivity index (χ1n) is 9.05. The molecule has 1 atom stereocenters. The minimum Gasteiger partial charge on any atom is -0.480 e. The molecule has 0 saturated carbocycles. The topological polar surface area (TPSA) is 143 Å². The van der Waals surface area contributed by atoms with Gasteiger partial charge in [0.15, 0.2) is 0 Å². The molecule has 12 heteroatoms. The van der Waals surface area contributed by atoms with Crippen LogP contribution >= 0.6 is 11.3 Å². The van der Waals surface area contributed by atoms with E-state index in [1.807, 2.05) is 17.5 Å². The first-order chi connectivity index (χ1) is 15.0.